The second-order valence-corrected chi connectivity index (χ2v) is 10.2. The van der Waals surface area contributed by atoms with Crippen molar-refractivity contribution in [2.24, 2.45) is 34.0 Å². The smallest absolute Gasteiger partial charge is 0.320 e. The summed E-state index contributed by atoms with van der Waals surface area (Å²) in [4.78, 5) is 26.6. The highest BCUT2D eigenvalue weighted by Crippen LogP contribution is 2.71. The molecule has 2 spiro atoms. The number of esters is 1. The average Bonchev–Trinajstić information content (AvgIpc) is 3.10. The summed E-state index contributed by atoms with van der Waals surface area (Å²) in [5, 5.41) is 11.3. The van der Waals surface area contributed by atoms with Gasteiger partial charge >= 0.3 is 5.97 Å². The molecule has 6 nitrogen and oxygen atoms in total. The number of aliphatic hydroxyl groups is 1. The fourth-order valence-corrected chi connectivity index (χ4v) is 7.62. The molecule has 8 atom stereocenters. The summed E-state index contributed by atoms with van der Waals surface area (Å²) in [7, 11) is 0. The zero-order valence-electron chi connectivity index (χ0n) is 16.9. The lowest BCUT2D eigenvalue weighted by atomic mass is 9.43. The molecule has 0 aromatic rings. The quantitative estimate of drug-likeness (QED) is 0.442. The van der Waals surface area contributed by atoms with Crippen molar-refractivity contribution in [2.45, 2.75) is 65.0 Å². The molecule has 0 radical (unpaired) electrons. The zero-order chi connectivity index (χ0) is 20.1. The summed E-state index contributed by atoms with van der Waals surface area (Å²) >= 11 is 0. The standard InChI is InChI=1S/C22H30O6/c1-5-26-18-16-20(3,4)7-6-14-22(16,10-27-18)15-13(23)8-12-9-21(15,19(25)28-14)17(24)11(12)2/h12-16,18,23H,2,5-10H2,1,3-4H3/t12-,13+,14+,15-,16-,18-,21+,22+/m1/s1. The molecule has 2 heterocycles. The van der Waals surface area contributed by atoms with Crippen molar-refractivity contribution in [2.75, 3.05) is 13.2 Å². The van der Waals surface area contributed by atoms with Gasteiger partial charge in [-0.05, 0) is 49.5 Å². The van der Waals surface area contributed by atoms with Crippen LogP contribution in [0.4, 0.5) is 0 Å². The van der Waals surface area contributed by atoms with Gasteiger partial charge < -0.3 is 19.3 Å². The van der Waals surface area contributed by atoms with Crippen LogP contribution in [0, 0.1) is 34.0 Å². The highest BCUT2D eigenvalue weighted by Gasteiger charge is 2.79. The molecule has 5 aliphatic rings. The Balaban J connectivity index is 1.71. The molecule has 154 valence electrons. The van der Waals surface area contributed by atoms with Crippen molar-refractivity contribution in [3.8, 4) is 0 Å². The first-order valence-corrected chi connectivity index (χ1v) is 10.6. The number of Topliss-reactive ketones (excluding diaryl/α,β-unsaturated/α-hetero) is 1. The number of rotatable bonds is 2. The number of hydrogen-bond donors (Lipinski definition) is 1. The molecule has 0 aromatic carbocycles. The van der Waals surface area contributed by atoms with Crippen LogP contribution in [-0.2, 0) is 23.8 Å². The topological polar surface area (TPSA) is 82.1 Å². The van der Waals surface area contributed by atoms with Gasteiger partial charge in [0.2, 0.25) is 0 Å². The Morgan fingerprint density at radius 2 is 2.04 bits per heavy atom. The highest BCUT2D eigenvalue weighted by molar-refractivity contribution is 6.15. The predicted molar refractivity (Wildman–Crippen MR) is 99.0 cm³/mol. The Morgan fingerprint density at radius 1 is 1.29 bits per heavy atom. The van der Waals surface area contributed by atoms with Crippen molar-refractivity contribution in [1.82, 2.24) is 0 Å². The van der Waals surface area contributed by atoms with Crippen LogP contribution in [0.15, 0.2) is 12.2 Å². The molecule has 2 saturated heterocycles. The van der Waals surface area contributed by atoms with Gasteiger partial charge in [0.05, 0.1) is 12.7 Å². The van der Waals surface area contributed by atoms with Crippen LogP contribution in [0.5, 0.6) is 0 Å². The number of ether oxygens (including phenoxy) is 3. The van der Waals surface area contributed by atoms with Crippen LogP contribution in [0.25, 0.3) is 0 Å². The van der Waals surface area contributed by atoms with Crippen molar-refractivity contribution >= 4 is 11.8 Å². The Morgan fingerprint density at radius 3 is 2.75 bits per heavy atom. The Kier molecular flexibility index (Phi) is 3.80. The summed E-state index contributed by atoms with van der Waals surface area (Å²) in [6.07, 6.45) is 0.960. The van der Waals surface area contributed by atoms with Gasteiger partial charge in [0, 0.05) is 23.9 Å². The molecule has 0 aromatic heterocycles. The molecule has 3 aliphatic carbocycles. The summed E-state index contributed by atoms with van der Waals surface area (Å²) < 4.78 is 18.2. The van der Waals surface area contributed by atoms with Gasteiger partial charge in [0.1, 0.15) is 11.5 Å². The first kappa shape index (κ1) is 18.8. The molecule has 5 rings (SSSR count). The van der Waals surface area contributed by atoms with E-state index in [4.69, 9.17) is 14.2 Å². The third-order valence-corrected chi connectivity index (χ3v) is 8.56. The number of ketones is 1. The normalized spacial score (nSPS) is 51.4. The summed E-state index contributed by atoms with van der Waals surface area (Å²) in [5.41, 5.74) is -1.57. The second-order valence-electron chi connectivity index (χ2n) is 10.2. The van der Waals surface area contributed by atoms with E-state index in [0.29, 0.717) is 31.6 Å². The van der Waals surface area contributed by atoms with Crippen LogP contribution < -0.4 is 0 Å². The van der Waals surface area contributed by atoms with E-state index < -0.39 is 35.1 Å². The van der Waals surface area contributed by atoms with E-state index in [-0.39, 0.29) is 29.1 Å². The van der Waals surface area contributed by atoms with Gasteiger partial charge in [0.15, 0.2) is 12.1 Å². The van der Waals surface area contributed by atoms with Crippen molar-refractivity contribution < 1.29 is 28.9 Å². The lowest BCUT2D eigenvalue weighted by Crippen LogP contribution is -2.70. The van der Waals surface area contributed by atoms with E-state index in [0.717, 1.165) is 12.8 Å². The van der Waals surface area contributed by atoms with Gasteiger partial charge in [-0.1, -0.05) is 20.4 Å². The summed E-state index contributed by atoms with van der Waals surface area (Å²) in [6.45, 7) is 11.2. The minimum absolute atomic E-state index is 0.0541. The van der Waals surface area contributed by atoms with Crippen molar-refractivity contribution in [3.05, 3.63) is 12.2 Å². The number of aliphatic hydroxyl groups excluding tert-OH is 1. The molecule has 6 heteroatoms. The fourth-order valence-electron chi connectivity index (χ4n) is 7.62. The molecule has 2 aliphatic heterocycles. The number of hydrogen-bond acceptors (Lipinski definition) is 6. The fraction of sp³-hybridized carbons (Fsp3) is 0.818. The monoisotopic (exact) mass is 390 g/mol. The molecular weight excluding hydrogens is 360 g/mol. The summed E-state index contributed by atoms with van der Waals surface area (Å²) in [5.74, 6) is -1.39. The van der Waals surface area contributed by atoms with E-state index in [1.54, 1.807) is 0 Å². The first-order valence-electron chi connectivity index (χ1n) is 10.6. The zero-order valence-corrected chi connectivity index (χ0v) is 16.9. The molecular formula is C22H30O6. The van der Waals surface area contributed by atoms with E-state index >= 15 is 0 Å². The molecule has 0 unspecified atom stereocenters. The minimum Gasteiger partial charge on any atom is -0.461 e. The van der Waals surface area contributed by atoms with Crippen LogP contribution in [0.3, 0.4) is 0 Å². The molecule has 2 bridgehead atoms. The largest absolute Gasteiger partial charge is 0.461 e. The van der Waals surface area contributed by atoms with E-state index in [1.165, 1.54) is 0 Å². The maximum Gasteiger partial charge on any atom is 0.320 e. The Hall–Kier alpha value is -1.24. The van der Waals surface area contributed by atoms with Crippen LogP contribution in [-0.4, -0.2) is 48.6 Å². The first-order chi connectivity index (χ1) is 13.2. The van der Waals surface area contributed by atoms with Gasteiger partial charge in [-0.2, -0.15) is 0 Å². The van der Waals surface area contributed by atoms with Crippen LogP contribution in [0.1, 0.15) is 46.5 Å². The van der Waals surface area contributed by atoms with Crippen LogP contribution >= 0.6 is 0 Å². The van der Waals surface area contributed by atoms with Crippen molar-refractivity contribution in [1.29, 1.82) is 0 Å². The van der Waals surface area contributed by atoms with Gasteiger partial charge in [-0.15, -0.1) is 0 Å². The SMILES string of the molecule is C=C1C(=O)[C@]23C[C@H]1C[C@H](O)[C@H]2[C@@]12CO[C@@H](OCC)[C@@H]1C(C)(C)CC[C@@H]2OC3=O. The molecule has 3 saturated carbocycles. The maximum atomic E-state index is 13.3. The van der Waals surface area contributed by atoms with Gasteiger partial charge in [-0.25, -0.2) is 0 Å². The molecule has 1 N–H and O–H groups in total. The number of fused-ring (bicyclic) bond motifs is 1. The number of carbonyl (C=O) groups excluding carboxylic acids is 2. The van der Waals surface area contributed by atoms with Gasteiger partial charge in [0.25, 0.3) is 0 Å². The molecule has 5 fully saturated rings. The third-order valence-electron chi connectivity index (χ3n) is 8.56. The lowest BCUT2D eigenvalue weighted by molar-refractivity contribution is -0.253. The van der Waals surface area contributed by atoms with Crippen molar-refractivity contribution in [3.63, 3.8) is 0 Å². The second kappa shape index (κ2) is 5.67. The van der Waals surface area contributed by atoms with E-state index in [9.17, 15) is 14.7 Å². The average molecular weight is 390 g/mol. The minimum atomic E-state index is -1.31. The van der Waals surface area contributed by atoms with E-state index in [1.807, 2.05) is 6.92 Å². The van der Waals surface area contributed by atoms with Crippen LogP contribution in [0.2, 0.25) is 0 Å². The van der Waals surface area contributed by atoms with Gasteiger partial charge in [-0.3, -0.25) is 9.59 Å². The summed E-state index contributed by atoms with van der Waals surface area (Å²) in [6, 6.07) is 0. The predicted octanol–water partition coefficient (Wildman–Crippen LogP) is 2.24. The molecule has 28 heavy (non-hydrogen) atoms. The van der Waals surface area contributed by atoms with E-state index in [2.05, 4.69) is 20.4 Å². The number of allylic oxidation sites excluding steroid dienone is 1. The third kappa shape index (κ3) is 1.95. The lowest BCUT2D eigenvalue weighted by Gasteiger charge is -2.62. The Bertz CT molecular complexity index is 758. The highest BCUT2D eigenvalue weighted by atomic mass is 16.7. The molecule has 0 amide bonds. The Labute approximate surface area is 165 Å². The number of carbonyl (C=O) groups is 2. The maximum absolute atomic E-state index is 13.3.